The Balaban J connectivity index is 1.58. The number of nitrogens with one attached hydrogen (secondary N) is 2. The summed E-state index contributed by atoms with van der Waals surface area (Å²) < 4.78 is 4.70. The summed E-state index contributed by atoms with van der Waals surface area (Å²) in [5.74, 6) is 0. The predicted molar refractivity (Wildman–Crippen MR) is 206 cm³/mol. The van der Waals surface area contributed by atoms with Gasteiger partial charge in [-0.1, -0.05) is 102 Å². The van der Waals surface area contributed by atoms with Crippen LogP contribution in [0, 0.1) is 10.8 Å². The zero-order valence-corrected chi connectivity index (χ0v) is 28.4. The molecule has 0 saturated heterocycles. The Morgan fingerprint density at radius 2 is 1.06 bits per heavy atom. The monoisotopic (exact) mass is 624 g/mol. The number of hydrogen-bond acceptors (Lipinski definition) is 2. The van der Waals surface area contributed by atoms with E-state index in [1.165, 1.54) is 55.9 Å². The Morgan fingerprint density at radius 3 is 1.67 bits per heavy atom. The third kappa shape index (κ3) is 4.43. The van der Waals surface area contributed by atoms with E-state index in [0.29, 0.717) is 0 Å². The van der Waals surface area contributed by atoms with Gasteiger partial charge in [0.2, 0.25) is 0 Å². The van der Waals surface area contributed by atoms with E-state index < -0.39 is 0 Å². The highest BCUT2D eigenvalue weighted by Gasteiger charge is 2.25. The molecule has 0 fully saturated rings. The molecule has 4 heteroatoms. The molecule has 0 unspecified atom stereocenters. The van der Waals surface area contributed by atoms with Gasteiger partial charge in [0.25, 0.3) is 0 Å². The first kappa shape index (κ1) is 29.9. The lowest BCUT2D eigenvalue weighted by molar-refractivity contribution is 0.590. The largest absolute Gasteiger partial charge is 0.308 e. The van der Waals surface area contributed by atoms with Gasteiger partial charge in [0.05, 0.1) is 33.4 Å². The smallest absolute Gasteiger partial charge is 0.0791 e. The van der Waals surface area contributed by atoms with E-state index in [9.17, 15) is 0 Å². The maximum atomic E-state index is 8.74. The van der Waals surface area contributed by atoms with Gasteiger partial charge in [0.15, 0.2) is 0 Å². The van der Waals surface area contributed by atoms with Crippen molar-refractivity contribution < 1.29 is 0 Å². The van der Waals surface area contributed by atoms with Crippen LogP contribution in [0.25, 0.3) is 65.8 Å². The first-order chi connectivity index (χ1) is 23.0. The van der Waals surface area contributed by atoms with Gasteiger partial charge < -0.3 is 20.0 Å². The lowest BCUT2D eigenvalue weighted by Crippen LogP contribution is -2.11. The van der Waals surface area contributed by atoms with Gasteiger partial charge in [-0.2, -0.15) is 0 Å². The van der Waals surface area contributed by atoms with E-state index in [-0.39, 0.29) is 10.8 Å². The highest BCUT2D eigenvalue weighted by Crippen LogP contribution is 2.43. The van der Waals surface area contributed by atoms with Crippen molar-refractivity contribution in [1.82, 2.24) is 9.13 Å². The van der Waals surface area contributed by atoms with Crippen molar-refractivity contribution in [2.75, 3.05) is 0 Å². The van der Waals surface area contributed by atoms with Crippen LogP contribution in [0.5, 0.6) is 0 Å². The number of rotatable bonds is 4. The van der Waals surface area contributed by atoms with Crippen LogP contribution in [-0.2, 0) is 10.8 Å². The zero-order valence-electron chi connectivity index (χ0n) is 28.4. The number of aromatic nitrogens is 2. The van der Waals surface area contributed by atoms with Gasteiger partial charge in [0, 0.05) is 39.5 Å². The molecule has 0 saturated carbocycles. The van der Waals surface area contributed by atoms with E-state index in [1.807, 2.05) is 6.07 Å². The van der Waals surface area contributed by atoms with Crippen molar-refractivity contribution in [1.29, 1.82) is 10.8 Å². The van der Waals surface area contributed by atoms with Crippen LogP contribution in [0.2, 0.25) is 0 Å². The minimum Gasteiger partial charge on any atom is -0.308 e. The summed E-state index contributed by atoms with van der Waals surface area (Å²) in [7, 11) is 0. The molecule has 0 amide bonds. The standard InChI is InChI=1S/C44H40N4/c1-43(2,3)30-16-19-37-34(23-30)35-24-31(44(4,5)6)17-20-38(35)48(37)42-29(26-46)21-27(25-45)22-40(42)47-36-14-10-9-13-33(36)41-32-12-8-7-11-28(32)15-18-39(41)47/h7-26,45-46H,1-6H3. The molecule has 0 aliphatic rings. The first-order valence-electron chi connectivity index (χ1n) is 16.7. The van der Waals surface area contributed by atoms with Crippen molar-refractivity contribution in [3.05, 3.63) is 131 Å². The molecule has 0 bridgehead atoms. The molecule has 0 aliphatic heterocycles. The number of benzene rings is 6. The van der Waals surface area contributed by atoms with Crippen LogP contribution in [0.4, 0.5) is 0 Å². The third-order valence-corrected chi connectivity index (χ3v) is 9.99. The van der Waals surface area contributed by atoms with Crippen LogP contribution in [0.3, 0.4) is 0 Å². The van der Waals surface area contributed by atoms with Gasteiger partial charge in [-0.3, -0.25) is 0 Å². The minimum atomic E-state index is -0.00706. The number of fused-ring (bicyclic) bond motifs is 8. The van der Waals surface area contributed by atoms with Crippen LogP contribution in [-0.4, -0.2) is 21.6 Å². The second kappa shape index (κ2) is 10.5. The molecule has 4 nitrogen and oxygen atoms in total. The molecule has 236 valence electrons. The average molecular weight is 625 g/mol. The summed E-state index contributed by atoms with van der Waals surface area (Å²) in [6, 6.07) is 39.4. The number of para-hydroxylation sites is 1. The van der Waals surface area contributed by atoms with Crippen LogP contribution < -0.4 is 0 Å². The van der Waals surface area contributed by atoms with E-state index in [1.54, 1.807) is 0 Å². The van der Waals surface area contributed by atoms with Gasteiger partial charge in [-0.05, 0) is 86.8 Å². The Morgan fingerprint density at radius 1 is 0.500 bits per heavy atom. The molecule has 8 rings (SSSR count). The summed E-state index contributed by atoms with van der Waals surface area (Å²) in [6.07, 6.45) is 2.83. The van der Waals surface area contributed by atoms with Crippen molar-refractivity contribution >= 4 is 66.8 Å². The summed E-state index contributed by atoms with van der Waals surface area (Å²) in [5, 5.41) is 24.3. The molecule has 48 heavy (non-hydrogen) atoms. The highest BCUT2D eigenvalue weighted by atomic mass is 15.1. The van der Waals surface area contributed by atoms with Crippen molar-refractivity contribution in [3.63, 3.8) is 0 Å². The number of hydrogen-bond donors (Lipinski definition) is 2. The van der Waals surface area contributed by atoms with E-state index in [2.05, 4.69) is 154 Å². The minimum absolute atomic E-state index is 0.00706. The molecule has 8 aromatic rings. The summed E-state index contributed by atoms with van der Waals surface area (Å²) in [6.45, 7) is 13.6. The molecule has 2 N–H and O–H groups in total. The quantitative estimate of drug-likeness (QED) is 0.183. The molecule has 0 radical (unpaired) electrons. The van der Waals surface area contributed by atoms with E-state index in [4.69, 9.17) is 10.8 Å². The van der Waals surface area contributed by atoms with Gasteiger partial charge in [-0.15, -0.1) is 0 Å². The summed E-state index contributed by atoms with van der Waals surface area (Å²) in [4.78, 5) is 0. The molecular weight excluding hydrogens is 585 g/mol. The van der Waals surface area contributed by atoms with Crippen molar-refractivity contribution in [2.24, 2.45) is 0 Å². The fourth-order valence-corrected chi connectivity index (χ4v) is 7.47. The second-order valence-corrected chi connectivity index (χ2v) is 15.1. The number of nitrogens with zero attached hydrogens (tertiary/aromatic N) is 2. The Labute approximate surface area is 281 Å². The predicted octanol–water partition coefficient (Wildman–Crippen LogP) is 11.6. The topological polar surface area (TPSA) is 57.6 Å². The third-order valence-electron chi connectivity index (χ3n) is 9.99. The molecule has 0 aliphatic carbocycles. The van der Waals surface area contributed by atoms with Crippen LogP contribution >= 0.6 is 0 Å². The Hall–Kier alpha value is -5.48. The van der Waals surface area contributed by atoms with Crippen molar-refractivity contribution in [3.8, 4) is 11.4 Å². The molecule has 0 spiro atoms. The normalized spacial score (nSPS) is 12.5. The van der Waals surface area contributed by atoms with Crippen LogP contribution in [0.15, 0.2) is 109 Å². The lowest BCUT2D eigenvalue weighted by atomic mass is 9.85. The average Bonchev–Trinajstić information content (AvgIpc) is 3.59. The van der Waals surface area contributed by atoms with Gasteiger partial charge in [0.1, 0.15) is 0 Å². The van der Waals surface area contributed by atoms with E-state index in [0.717, 1.165) is 44.6 Å². The molecule has 0 atom stereocenters. The maximum absolute atomic E-state index is 8.74. The Kier molecular flexibility index (Phi) is 6.55. The summed E-state index contributed by atoms with van der Waals surface area (Å²) >= 11 is 0. The SMILES string of the molecule is CC(C)(C)c1ccc2c(c1)c1cc(C(C)(C)C)ccc1n2-c1c(C=N)cc(C=N)cc1-n1c2ccccc2c2c3ccccc3ccc21. The zero-order chi connectivity index (χ0) is 33.5. The molecule has 2 heterocycles. The lowest BCUT2D eigenvalue weighted by Gasteiger charge is -2.21. The highest BCUT2D eigenvalue weighted by molar-refractivity contribution is 6.21. The van der Waals surface area contributed by atoms with E-state index >= 15 is 0 Å². The fourth-order valence-electron chi connectivity index (χ4n) is 7.47. The van der Waals surface area contributed by atoms with Gasteiger partial charge in [-0.25, -0.2) is 0 Å². The Bertz CT molecular complexity index is 2540. The fraction of sp³-hybridized carbons (Fsp3) is 0.182. The maximum Gasteiger partial charge on any atom is 0.0791 e. The van der Waals surface area contributed by atoms with Gasteiger partial charge >= 0.3 is 0 Å². The molecule has 2 aromatic heterocycles. The van der Waals surface area contributed by atoms with Crippen molar-refractivity contribution in [2.45, 2.75) is 52.4 Å². The van der Waals surface area contributed by atoms with Crippen LogP contribution in [0.1, 0.15) is 63.8 Å². The summed E-state index contributed by atoms with van der Waals surface area (Å²) in [5.41, 5.74) is 10.3. The second-order valence-electron chi connectivity index (χ2n) is 15.1. The molecule has 6 aromatic carbocycles. The molecular formula is C44H40N4. The first-order valence-corrected chi connectivity index (χ1v) is 16.7.